The van der Waals surface area contributed by atoms with Crippen molar-refractivity contribution in [2.24, 2.45) is 4.99 Å². The topological polar surface area (TPSA) is 49.7 Å². The summed E-state index contributed by atoms with van der Waals surface area (Å²) in [5.74, 6) is 0. The van der Waals surface area contributed by atoms with E-state index in [1.807, 2.05) is 31.2 Å². The molecule has 0 aliphatic rings. The van der Waals surface area contributed by atoms with Crippen LogP contribution in [-0.2, 0) is 10.0 Å². The number of anilines is 1. The molecule has 0 radical (unpaired) electrons. The van der Waals surface area contributed by atoms with Crippen LogP contribution in [0.4, 0.5) is 5.69 Å². The lowest BCUT2D eigenvalue weighted by molar-refractivity contribution is 0.600. The molecule has 0 atom stereocenters. The summed E-state index contributed by atoms with van der Waals surface area (Å²) in [6.07, 6.45) is 4.81. The molecule has 4 nitrogen and oxygen atoms in total. The zero-order valence-electron chi connectivity index (χ0n) is 11.1. The van der Waals surface area contributed by atoms with Crippen molar-refractivity contribution in [2.75, 3.05) is 24.7 Å². The van der Waals surface area contributed by atoms with Crippen molar-refractivity contribution >= 4 is 27.5 Å². The predicted molar refractivity (Wildman–Crippen MR) is 77.8 cm³/mol. The zero-order valence-corrected chi connectivity index (χ0v) is 11.9. The van der Waals surface area contributed by atoms with Crippen LogP contribution in [0, 0.1) is 0 Å². The van der Waals surface area contributed by atoms with E-state index in [0.29, 0.717) is 5.69 Å². The molecule has 1 rings (SSSR count). The fraction of sp³-hybridized carbons (Fsp3) is 0.308. The molecule has 18 heavy (non-hydrogen) atoms. The molecule has 0 heterocycles. The van der Waals surface area contributed by atoms with Gasteiger partial charge in [-0.3, -0.25) is 9.30 Å². The van der Waals surface area contributed by atoms with E-state index in [0.717, 1.165) is 11.1 Å². The number of hydrogen-bond acceptors (Lipinski definition) is 3. The number of para-hydroxylation sites is 1. The van der Waals surface area contributed by atoms with Gasteiger partial charge >= 0.3 is 0 Å². The summed E-state index contributed by atoms with van der Waals surface area (Å²) in [6, 6.07) is 7.36. The van der Waals surface area contributed by atoms with Gasteiger partial charge in [-0.05, 0) is 18.6 Å². The molecule has 0 aliphatic carbocycles. The van der Waals surface area contributed by atoms with Gasteiger partial charge in [0.2, 0.25) is 10.0 Å². The standard InChI is InChI=1S/C13H18N2O2S/c1-5-11(10-14-2)12-8-6-7-9-13(12)15(3)18(4,16)17/h5-10H,1-4H3/b11-5+,14-10-. The fourth-order valence-electron chi connectivity index (χ4n) is 1.61. The Hall–Kier alpha value is -1.62. The highest BCUT2D eigenvalue weighted by molar-refractivity contribution is 7.92. The van der Waals surface area contributed by atoms with Crippen molar-refractivity contribution in [1.82, 2.24) is 0 Å². The quantitative estimate of drug-likeness (QED) is 0.784. The monoisotopic (exact) mass is 266 g/mol. The molecule has 0 amide bonds. The van der Waals surface area contributed by atoms with Crippen molar-refractivity contribution in [3.8, 4) is 0 Å². The summed E-state index contributed by atoms with van der Waals surface area (Å²) in [6.45, 7) is 1.90. The van der Waals surface area contributed by atoms with Crippen LogP contribution in [0.15, 0.2) is 35.3 Å². The lowest BCUT2D eigenvalue weighted by Gasteiger charge is -2.20. The highest BCUT2D eigenvalue weighted by Crippen LogP contribution is 2.26. The minimum atomic E-state index is -3.27. The molecular formula is C13H18N2O2S. The first-order valence-corrected chi connectivity index (χ1v) is 7.38. The van der Waals surface area contributed by atoms with E-state index >= 15 is 0 Å². The molecule has 0 saturated carbocycles. The van der Waals surface area contributed by atoms with Crippen LogP contribution in [0.1, 0.15) is 12.5 Å². The number of rotatable bonds is 4. The number of sulfonamides is 1. The van der Waals surface area contributed by atoms with Gasteiger partial charge in [0.1, 0.15) is 0 Å². The second-order valence-corrected chi connectivity index (χ2v) is 5.89. The molecule has 98 valence electrons. The van der Waals surface area contributed by atoms with Crippen molar-refractivity contribution < 1.29 is 8.42 Å². The van der Waals surface area contributed by atoms with Gasteiger partial charge < -0.3 is 0 Å². The summed E-state index contributed by atoms with van der Waals surface area (Å²) >= 11 is 0. The summed E-state index contributed by atoms with van der Waals surface area (Å²) in [4.78, 5) is 3.98. The van der Waals surface area contributed by atoms with Gasteiger partial charge in [0, 0.05) is 25.9 Å². The third kappa shape index (κ3) is 3.20. The first-order valence-electron chi connectivity index (χ1n) is 5.53. The van der Waals surface area contributed by atoms with E-state index in [1.165, 1.54) is 10.6 Å². The Morgan fingerprint density at radius 3 is 2.44 bits per heavy atom. The molecule has 0 N–H and O–H groups in total. The van der Waals surface area contributed by atoms with Gasteiger partial charge in [0.25, 0.3) is 0 Å². The third-order valence-electron chi connectivity index (χ3n) is 2.63. The normalized spacial score (nSPS) is 13.0. The van der Waals surface area contributed by atoms with E-state index in [4.69, 9.17) is 0 Å². The summed E-state index contributed by atoms with van der Waals surface area (Å²) < 4.78 is 24.5. The Morgan fingerprint density at radius 2 is 1.94 bits per heavy atom. The summed E-state index contributed by atoms with van der Waals surface area (Å²) in [5.41, 5.74) is 2.38. The highest BCUT2D eigenvalue weighted by Gasteiger charge is 2.16. The second kappa shape index (κ2) is 5.82. The van der Waals surface area contributed by atoms with Crippen LogP contribution in [0.3, 0.4) is 0 Å². The van der Waals surface area contributed by atoms with Gasteiger partial charge in [-0.2, -0.15) is 0 Å². The maximum atomic E-state index is 11.6. The minimum Gasteiger partial charge on any atom is -0.296 e. The smallest absolute Gasteiger partial charge is 0.232 e. The number of hydrogen-bond donors (Lipinski definition) is 0. The van der Waals surface area contributed by atoms with E-state index < -0.39 is 10.0 Å². The van der Waals surface area contributed by atoms with E-state index in [2.05, 4.69) is 4.99 Å². The van der Waals surface area contributed by atoms with Crippen molar-refractivity contribution in [3.05, 3.63) is 35.9 Å². The van der Waals surface area contributed by atoms with Gasteiger partial charge in [0.05, 0.1) is 11.9 Å². The van der Waals surface area contributed by atoms with Crippen molar-refractivity contribution in [3.63, 3.8) is 0 Å². The molecule has 0 saturated heterocycles. The van der Waals surface area contributed by atoms with Crippen LogP contribution in [-0.4, -0.2) is 35.0 Å². The third-order valence-corrected chi connectivity index (χ3v) is 3.82. The van der Waals surface area contributed by atoms with Crippen LogP contribution in [0.25, 0.3) is 5.57 Å². The largest absolute Gasteiger partial charge is 0.296 e. The number of aliphatic imine (C=N–C) groups is 1. The van der Waals surface area contributed by atoms with E-state index in [1.54, 1.807) is 26.4 Å². The van der Waals surface area contributed by atoms with Crippen LogP contribution in [0.5, 0.6) is 0 Å². The number of nitrogens with zero attached hydrogens (tertiary/aromatic N) is 2. The Kier molecular flexibility index (Phi) is 4.67. The molecule has 0 aromatic heterocycles. The van der Waals surface area contributed by atoms with Gasteiger partial charge in [0.15, 0.2) is 0 Å². The average Bonchev–Trinajstić information content (AvgIpc) is 2.34. The number of benzene rings is 1. The van der Waals surface area contributed by atoms with Gasteiger partial charge in [-0.1, -0.05) is 24.3 Å². The minimum absolute atomic E-state index is 0.646. The highest BCUT2D eigenvalue weighted by atomic mass is 32.2. The molecule has 0 spiro atoms. The molecule has 0 aliphatic heterocycles. The van der Waals surface area contributed by atoms with Crippen molar-refractivity contribution in [2.45, 2.75) is 6.92 Å². The second-order valence-electron chi connectivity index (χ2n) is 3.88. The Balaban J connectivity index is 3.40. The van der Waals surface area contributed by atoms with Crippen LogP contribution >= 0.6 is 0 Å². The Labute approximate surface area is 109 Å². The SMILES string of the molecule is C/C=C(\C=N/C)c1ccccc1N(C)S(C)(=O)=O. The number of allylic oxidation sites excluding steroid dienone is 2. The van der Waals surface area contributed by atoms with E-state index in [-0.39, 0.29) is 0 Å². The Morgan fingerprint density at radius 1 is 1.33 bits per heavy atom. The maximum absolute atomic E-state index is 11.6. The first kappa shape index (κ1) is 14.4. The van der Waals surface area contributed by atoms with Gasteiger partial charge in [-0.15, -0.1) is 0 Å². The average molecular weight is 266 g/mol. The molecule has 0 bridgehead atoms. The van der Waals surface area contributed by atoms with Gasteiger partial charge in [-0.25, -0.2) is 8.42 Å². The Bertz CT molecular complexity index is 574. The maximum Gasteiger partial charge on any atom is 0.232 e. The molecule has 5 heteroatoms. The van der Waals surface area contributed by atoms with Crippen LogP contribution < -0.4 is 4.31 Å². The molecule has 0 unspecified atom stereocenters. The lowest BCUT2D eigenvalue weighted by Crippen LogP contribution is -2.25. The summed E-state index contributed by atoms with van der Waals surface area (Å²) in [5, 5.41) is 0. The fourth-order valence-corrected chi connectivity index (χ4v) is 2.13. The summed E-state index contributed by atoms with van der Waals surface area (Å²) in [7, 11) is -0.0404. The zero-order chi connectivity index (χ0) is 13.8. The molecular weight excluding hydrogens is 248 g/mol. The molecule has 1 aromatic rings. The van der Waals surface area contributed by atoms with E-state index in [9.17, 15) is 8.42 Å². The first-order chi connectivity index (χ1) is 8.41. The van der Waals surface area contributed by atoms with Crippen molar-refractivity contribution in [1.29, 1.82) is 0 Å². The molecule has 1 aromatic carbocycles. The predicted octanol–water partition coefficient (Wildman–Crippen LogP) is 2.19. The lowest BCUT2D eigenvalue weighted by atomic mass is 10.0. The molecule has 0 fully saturated rings. The van der Waals surface area contributed by atoms with Crippen LogP contribution in [0.2, 0.25) is 0 Å².